The molecule has 0 radical (unpaired) electrons. The smallest absolute Gasteiger partial charge is 0.269 e. The molecular formula is C19H23N3O7S2. The first-order chi connectivity index (χ1) is 14.5. The summed E-state index contributed by atoms with van der Waals surface area (Å²) in [5, 5.41) is 11.0. The van der Waals surface area contributed by atoms with Crippen LogP contribution in [-0.2, 0) is 24.8 Å². The average Bonchev–Trinajstić information content (AvgIpc) is 2.78. The number of hydrogen-bond donors (Lipinski definition) is 0. The summed E-state index contributed by atoms with van der Waals surface area (Å²) in [6, 6.07) is 10.1. The fraction of sp³-hybridized carbons (Fsp3) is 0.368. The van der Waals surface area contributed by atoms with Crippen molar-refractivity contribution in [2.75, 3.05) is 33.4 Å². The summed E-state index contributed by atoms with van der Waals surface area (Å²) in [5.74, 6) is 0. The number of ether oxygens (including phenoxy) is 1. The normalized spacial score (nSPS) is 16.9. The fourth-order valence-electron chi connectivity index (χ4n) is 3.20. The molecule has 1 aliphatic heterocycles. The highest BCUT2D eigenvalue weighted by atomic mass is 32.2. The SMILES string of the molecule is CC(c1cccc([N+](=O)[O-])c1)N(C)S(=O)(=O)c1ccc(S(=O)(=O)N2CCOCC2)cc1. The molecule has 1 fully saturated rings. The molecule has 2 aromatic carbocycles. The quantitative estimate of drug-likeness (QED) is 0.448. The van der Waals surface area contributed by atoms with Gasteiger partial charge in [-0.2, -0.15) is 8.61 Å². The van der Waals surface area contributed by atoms with Gasteiger partial charge >= 0.3 is 0 Å². The van der Waals surface area contributed by atoms with Crippen LogP contribution in [0.4, 0.5) is 5.69 Å². The maximum absolute atomic E-state index is 13.0. The lowest BCUT2D eigenvalue weighted by atomic mass is 10.1. The van der Waals surface area contributed by atoms with Gasteiger partial charge in [0.15, 0.2) is 0 Å². The van der Waals surface area contributed by atoms with Gasteiger partial charge in [0.05, 0.1) is 27.9 Å². The first kappa shape index (κ1) is 23.3. The average molecular weight is 470 g/mol. The summed E-state index contributed by atoms with van der Waals surface area (Å²) < 4.78 is 59.1. The molecule has 12 heteroatoms. The van der Waals surface area contributed by atoms with Crippen molar-refractivity contribution in [2.45, 2.75) is 22.8 Å². The summed E-state index contributed by atoms with van der Waals surface area (Å²) in [7, 11) is -6.33. The molecule has 1 saturated heterocycles. The van der Waals surface area contributed by atoms with Crippen LogP contribution >= 0.6 is 0 Å². The van der Waals surface area contributed by atoms with Crippen LogP contribution in [0.3, 0.4) is 0 Å². The minimum atomic E-state index is -3.97. The van der Waals surface area contributed by atoms with Crippen LogP contribution in [-0.4, -0.2) is 63.7 Å². The standard InChI is InChI=1S/C19H23N3O7S2/c1-15(16-4-3-5-17(14-16)22(23)24)20(2)30(25,26)18-6-8-19(9-7-18)31(27,28)21-10-12-29-13-11-21/h3-9,14-15H,10-13H2,1-2H3. The minimum Gasteiger partial charge on any atom is -0.379 e. The van der Waals surface area contributed by atoms with Gasteiger partial charge in [0.2, 0.25) is 20.0 Å². The van der Waals surface area contributed by atoms with Crippen LogP contribution in [0.15, 0.2) is 58.3 Å². The highest BCUT2D eigenvalue weighted by Gasteiger charge is 2.29. The third kappa shape index (κ3) is 4.77. The van der Waals surface area contributed by atoms with Gasteiger partial charge in [-0.3, -0.25) is 10.1 Å². The van der Waals surface area contributed by atoms with Crippen LogP contribution in [0.1, 0.15) is 18.5 Å². The molecule has 3 rings (SSSR count). The highest BCUT2D eigenvalue weighted by Crippen LogP contribution is 2.28. The minimum absolute atomic E-state index is 0.00253. The Balaban J connectivity index is 1.84. The number of benzene rings is 2. The third-order valence-corrected chi connectivity index (χ3v) is 9.07. The van der Waals surface area contributed by atoms with Gasteiger partial charge in [-0.25, -0.2) is 16.8 Å². The number of hydrogen-bond acceptors (Lipinski definition) is 7. The lowest BCUT2D eigenvalue weighted by Crippen LogP contribution is -2.40. The molecule has 0 aromatic heterocycles. The first-order valence-electron chi connectivity index (χ1n) is 9.45. The van der Waals surface area contributed by atoms with Gasteiger partial charge in [0, 0.05) is 38.3 Å². The number of nitro benzene ring substituents is 1. The molecule has 10 nitrogen and oxygen atoms in total. The van der Waals surface area contributed by atoms with Gasteiger partial charge in [0.25, 0.3) is 5.69 Å². The lowest BCUT2D eigenvalue weighted by Gasteiger charge is -2.26. The van der Waals surface area contributed by atoms with E-state index in [2.05, 4.69) is 0 Å². The van der Waals surface area contributed by atoms with E-state index in [1.165, 1.54) is 53.8 Å². The number of non-ortho nitro benzene ring substituents is 1. The molecule has 0 amide bonds. The van der Waals surface area contributed by atoms with Gasteiger partial charge < -0.3 is 4.74 Å². The number of rotatable bonds is 7. The summed E-state index contributed by atoms with van der Waals surface area (Å²) in [4.78, 5) is 10.4. The van der Waals surface area contributed by atoms with Crippen molar-refractivity contribution in [1.82, 2.24) is 8.61 Å². The van der Waals surface area contributed by atoms with E-state index in [1.807, 2.05) is 0 Å². The van der Waals surface area contributed by atoms with E-state index in [9.17, 15) is 26.9 Å². The largest absolute Gasteiger partial charge is 0.379 e. The monoisotopic (exact) mass is 469 g/mol. The summed E-state index contributed by atoms with van der Waals surface area (Å²) in [6.07, 6.45) is 0. The Hall–Kier alpha value is -2.38. The summed E-state index contributed by atoms with van der Waals surface area (Å²) in [5.41, 5.74) is 0.333. The van der Waals surface area contributed by atoms with Gasteiger partial charge in [-0.1, -0.05) is 12.1 Å². The Labute approximate surface area is 181 Å². The Kier molecular flexibility index (Phi) is 6.76. The molecule has 0 N–H and O–H groups in total. The van der Waals surface area contributed by atoms with E-state index in [0.717, 1.165) is 4.31 Å². The van der Waals surface area contributed by atoms with Gasteiger partial charge in [-0.15, -0.1) is 0 Å². The number of nitro groups is 1. The van der Waals surface area contributed by atoms with Crippen LogP contribution in [0.2, 0.25) is 0 Å². The predicted molar refractivity (Wildman–Crippen MR) is 112 cm³/mol. The molecular weight excluding hydrogens is 446 g/mol. The zero-order valence-corrected chi connectivity index (χ0v) is 18.7. The van der Waals surface area contributed by atoms with E-state index in [0.29, 0.717) is 18.8 Å². The molecule has 31 heavy (non-hydrogen) atoms. The molecule has 1 atom stereocenters. The Morgan fingerprint density at radius 1 is 1.03 bits per heavy atom. The van der Waals surface area contributed by atoms with Gasteiger partial charge in [0.1, 0.15) is 0 Å². The number of nitrogens with zero attached hydrogens (tertiary/aromatic N) is 3. The van der Waals surface area contributed by atoms with Crippen LogP contribution in [0.5, 0.6) is 0 Å². The van der Waals surface area contributed by atoms with Crippen LogP contribution in [0, 0.1) is 10.1 Å². The second-order valence-electron chi connectivity index (χ2n) is 7.04. The second kappa shape index (κ2) is 9.01. The second-order valence-corrected chi connectivity index (χ2v) is 11.0. The molecule has 1 unspecified atom stereocenters. The zero-order valence-electron chi connectivity index (χ0n) is 17.0. The maximum Gasteiger partial charge on any atom is 0.269 e. The Bertz CT molecular complexity index is 1160. The van der Waals surface area contributed by atoms with Crippen LogP contribution < -0.4 is 0 Å². The number of sulfonamides is 2. The zero-order chi connectivity index (χ0) is 22.8. The molecule has 2 aromatic rings. The van der Waals surface area contributed by atoms with Crippen molar-refractivity contribution in [3.05, 3.63) is 64.2 Å². The molecule has 1 heterocycles. The topological polar surface area (TPSA) is 127 Å². The summed E-state index contributed by atoms with van der Waals surface area (Å²) in [6.45, 7) is 2.73. The third-order valence-electron chi connectivity index (χ3n) is 5.22. The summed E-state index contributed by atoms with van der Waals surface area (Å²) >= 11 is 0. The van der Waals surface area contributed by atoms with Gasteiger partial charge in [-0.05, 0) is 36.8 Å². The van der Waals surface area contributed by atoms with Crippen LogP contribution in [0.25, 0.3) is 0 Å². The molecule has 1 aliphatic rings. The fourth-order valence-corrected chi connectivity index (χ4v) is 5.96. The van der Waals surface area contributed by atoms with Crippen molar-refractivity contribution in [3.63, 3.8) is 0 Å². The number of morpholine rings is 1. The first-order valence-corrected chi connectivity index (χ1v) is 12.3. The van der Waals surface area contributed by atoms with Crippen molar-refractivity contribution in [1.29, 1.82) is 0 Å². The highest BCUT2D eigenvalue weighted by molar-refractivity contribution is 7.89. The van der Waals surface area contributed by atoms with E-state index < -0.39 is 31.0 Å². The van der Waals surface area contributed by atoms with E-state index in [-0.39, 0.29) is 28.6 Å². The van der Waals surface area contributed by atoms with E-state index in [4.69, 9.17) is 4.74 Å². The Morgan fingerprint density at radius 3 is 2.19 bits per heavy atom. The van der Waals surface area contributed by atoms with Crippen molar-refractivity contribution < 1.29 is 26.5 Å². The van der Waals surface area contributed by atoms with Crippen molar-refractivity contribution in [2.24, 2.45) is 0 Å². The van der Waals surface area contributed by atoms with Crippen molar-refractivity contribution in [3.8, 4) is 0 Å². The van der Waals surface area contributed by atoms with E-state index >= 15 is 0 Å². The molecule has 0 bridgehead atoms. The molecule has 0 aliphatic carbocycles. The molecule has 0 saturated carbocycles. The lowest BCUT2D eigenvalue weighted by molar-refractivity contribution is -0.384. The molecule has 0 spiro atoms. The van der Waals surface area contributed by atoms with E-state index in [1.54, 1.807) is 13.0 Å². The predicted octanol–water partition coefficient (Wildman–Crippen LogP) is 2.00. The molecule has 168 valence electrons. The maximum atomic E-state index is 13.0. The Morgan fingerprint density at radius 2 is 1.61 bits per heavy atom. The van der Waals surface area contributed by atoms with Crippen molar-refractivity contribution >= 4 is 25.7 Å².